The molecule has 5 rings (SSSR count). The Morgan fingerprint density at radius 3 is 2.54 bits per heavy atom. The van der Waals surface area contributed by atoms with Crippen LogP contribution in [0.25, 0.3) is 21.8 Å². The van der Waals surface area contributed by atoms with Crippen LogP contribution in [0, 0.1) is 5.92 Å². The monoisotopic (exact) mass is 476 g/mol. The van der Waals surface area contributed by atoms with E-state index in [9.17, 15) is 4.79 Å². The molecule has 1 aromatic carbocycles. The zero-order valence-electron chi connectivity index (χ0n) is 21.6. The number of piperazine rings is 1. The number of aromatic nitrogens is 3. The molecule has 2 fully saturated rings. The van der Waals surface area contributed by atoms with Crippen LogP contribution in [0.3, 0.4) is 0 Å². The van der Waals surface area contributed by atoms with Crippen molar-refractivity contribution in [3.63, 3.8) is 0 Å². The highest BCUT2D eigenvalue weighted by Crippen LogP contribution is 2.34. The summed E-state index contributed by atoms with van der Waals surface area (Å²) in [6.07, 6.45) is 8.49. The number of nitrogens with one attached hydrogen (secondary N) is 1. The maximum Gasteiger partial charge on any atom is 0.260 e. The molecule has 1 saturated carbocycles. The maximum atomic E-state index is 14.0. The summed E-state index contributed by atoms with van der Waals surface area (Å²) in [6, 6.07) is 6.63. The van der Waals surface area contributed by atoms with Gasteiger partial charge in [-0.1, -0.05) is 32.4 Å². The number of hydrogen-bond acceptors (Lipinski definition) is 6. The Hall–Kier alpha value is -2.51. The predicted octanol–water partition coefficient (Wildman–Crippen LogP) is 4.66. The third-order valence-corrected chi connectivity index (χ3v) is 7.99. The van der Waals surface area contributed by atoms with Gasteiger partial charge in [0.25, 0.3) is 5.56 Å². The molecule has 0 radical (unpaired) electrons. The summed E-state index contributed by atoms with van der Waals surface area (Å²) in [6.45, 7) is 10.6. The van der Waals surface area contributed by atoms with E-state index in [2.05, 4.69) is 59.2 Å². The molecule has 1 aliphatic carbocycles. The number of pyridine rings is 1. The third-order valence-electron chi connectivity index (χ3n) is 7.99. The fourth-order valence-electron chi connectivity index (χ4n) is 5.64. The van der Waals surface area contributed by atoms with E-state index in [0.717, 1.165) is 106 Å². The maximum absolute atomic E-state index is 14.0. The number of benzene rings is 1. The summed E-state index contributed by atoms with van der Waals surface area (Å²) in [7, 11) is 2.18. The van der Waals surface area contributed by atoms with E-state index in [-0.39, 0.29) is 11.6 Å². The first-order valence-electron chi connectivity index (χ1n) is 13.5. The number of anilines is 1. The Labute approximate surface area is 208 Å². The molecule has 1 saturated heterocycles. The smallest absolute Gasteiger partial charge is 0.260 e. The third kappa shape index (κ3) is 5.21. The molecule has 3 aromatic rings. The lowest BCUT2D eigenvalue weighted by Crippen LogP contribution is -2.43. The number of fused-ring (bicyclic) bond motifs is 3. The zero-order chi connectivity index (χ0) is 24.4. The van der Waals surface area contributed by atoms with Gasteiger partial charge in [0.2, 0.25) is 5.95 Å². The van der Waals surface area contributed by atoms with Crippen LogP contribution in [0.4, 0.5) is 5.95 Å². The van der Waals surface area contributed by atoms with Gasteiger partial charge in [0.05, 0.1) is 0 Å². The molecule has 0 unspecified atom stereocenters. The predicted molar refractivity (Wildman–Crippen MR) is 144 cm³/mol. The van der Waals surface area contributed by atoms with Crippen molar-refractivity contribution in [3.05, 3.63) is 40.3 Å². The topological polar surface area (TPSA) is 66.3 Å². The van der Waals surface area contributed by atoms with Crippen LogP contribution in [-0.4, -0.2) is 64.1 Å². The van der Waals surface area contributed by atoms with Gasteiger partial charge >= 0.3 is 0 Å². The number of hydrogen-bond donors (Lipinski definition) is 1. The lowest BCUT2D eigenvalue weighted by atomic mass is 9.87. The molecule has 3 heterocycles. The normalized spacial score (nSPS) is 22.1. The van der Waals surface area contributed by atoms with Gasteiger partial charge in [0.15, 0.2) is 0 Å². The number of likely N-dealkylation sites (N-methyl/N-ethyl adjacent to an activating group) is 1. The van der Waals surface area contributed by atoms with Crippen LogP contribution in [-0.2, 0) is 6.54 Å². The van der Waals surface area contributed by atoms with Gasteiger partial charge in [-0.25, -0.2) is 4.98 Å². The van der Waals surface area contributed by atoms with E-state index in [1.165, 1.54) is 5.56 Å². The molecule has 0 bridgehead atoms. The average molecular weight is 477 g/mol. The van der Waals surface area contributed by atoms with Gasteiger partial charge in [0.1, 0.15) is 5.65 Å². The molecule has 7 nitrogen and oxygen atoms in total. The molecular weight excluding hydrogens is 436 g/mol. The first-order chi connectivity index (χ1) is 17.0. The highest BCUT2D eigenvalue weighted by Gasteiger charge is 2.25. The molecule has 0 spiro atoms. The molecule has 188 valence electrons. The second-order valence-corrected chi connectivity index (χ2v) is 10.8. The lowest BCUT2D eigenvalue weighted by Gasteiger charge is -2.32. The summed E-state index contributed by atoms with van der Waals surface area (Å²) < 4.78 is 2.01. The summed E-state index contributed by atoms with van der Waals surface area (Å²) in [5.74, 6) is 1.35. The van der Waals surface area contributed by atoms with Crippen LogP contribution in [0.1, 0.15) is 64.0 Å². The van der Waals surface area contributed by atoms with Crippen LogP contribution in [0.2, 0.25) is 0 Å². The summed E-state index contributed by atoms with van der Waals surface area (Å²) in [5, 5.41) is 6.10. The number of unbranched alkanes of at least 4 members (excludes halogenated alkanes) is 1. The van der Waals surface area contributed by atoms with Gasteiger partial charge in [-0.15, -0.1) is 0 Å². The molecule has 7 heteroatoms. The summed E-state index contributed by atoms with van der Waals surface area (Å²) in [5.41, 5.74) is 2.09. The van der Waals surface area contributed by atoms with Crippen molar-refractivity contribution in [1.82, 2.24) is 24.3 Å². The van der Waals surface area contributed by atoms with Gasteiger partial charge in [-0.2, -0.15) is 4.98 Å². The summed E-state index contributed by atoms with van der Waals surface area (Å²) in [4.78, 5) is 28.4. The fourth-order valence-corrected chi connectivity index (χ4v) is 5.64. The Bertz CT molecular complexity index is 1220. The molecule has 35 heavy (non-hydrogen) atoms. The summed E-state index contributed by atoms with van der Waals surface area (Å²) >= 11 is 0. The standard InChI is InChI=1S/C28H40N6O/c1-4-5-12-29-28-30-18-25-23-11-8-21(19-33-15-13-32(3)14-16-33)17-24(23)27(35)34(26(25)31-28)22-9-6-20(2)7-10-22/h8,11,17-18,20,22H,4-7,9-10,12-16,19H2,1-3H3,(H,29,30,31)/t20-,22-. The highest BCUT2D eigenvalue weighted by molar-refractivity contribution is 6.04. The Morgan fingerprint density at radius 2 is 1.80 bits per heavy atom. The molecule has 2 aromatic heterocycles. The highest BCUT2D eigenvalue weighted by atomic mass is 16.1. The second-order valence-electron chi connectivity index (χ2n) is 10.8. The van der Waals surface area contributed by atoms with Crippen LogP contribution in [0.15, 0.2) is 29.2 Å². The van der Waals surface area contributed by atoms with Crippen molar-refractivity contribution in [2.75, 3.05) is 45.1 Å². The Kier molecular flexibility index (Phi) is 7.35. The Balaban J connectivity index is 1.57. The quantitative estimate of drug-likeness (QED) is 0.395. The first kappa shape index (κ1) is 24.2. The second kappa shape index (κ2) is 10.6. The van der Waals surface area contributed by atoms with E-state index in [1.54, 1.807) is 0 Å². The van der Waals surface area contributed by atoms with Crippen molar-refractivity contribution in [1.29, 1.82) is 0 Å². The van der Waals surface area contributed by atoms with Crippen LogP contribution >= 0.6 is 0 Å². The van der Waals surface area contributed by atoms with Crippen LogP contribution in [0.5, 0.6) is 0 Å². The molecule has 2 aliphatic rings. The van der Waals surface area contributed by atoms with Gasteiger partial charge < -0.3 is 10.2 Å². The van der Waals surface area contributed by atoms with E-state index >= 15 is 0 Å². The number of rotatable bonds is 7. The van der Waals surface area contributed by atoms with Crippen molar-refractivity contribution in [2.45, 2.75) is 65.0 Å². The minimum atomic E-state index is 0.102. The van der Waals surface area contributed by atoms with Crippen molar-refractivity contribution in [3.8, 4) is 0 Å². The van der Waals surface area contributed by atoms with Gasteiger partial charge in [-0.05, 0) is 62.1 Å². The van der Waals surface area contributed by atoms with Crippen molar-refractivity contribution >= 4 is 27.8 Å². The Morgan fingerprint density at radius 1 is 1.03 bits per heavy atom. The van der Waals surface area contributed by atoms with E-state index in [0.29, 0.717) is 5.95 Å². The largest absolute Gasteiger partial charge is 0.354 e. The molecule has 0 amide bonds. The van der Waals surface area contributed by atoms with E-state index in [1.807, 2.05) is 10.8 Å². The fraction of sp³-hybridized carbons (Fsp3) is 0.607. The first-order valence-corrected chi connectivity index (χ1v) is 13.5. The minimum absolute atomic E-state index is 0.102. The molecule has 1 N–H and O–H groups in total. The molecular formula is C28H40N6O. The molecule has 0 atom stereocenters. The van der Waals surface area contributed by atoms with E-state index < -0.39 is 0 Å². The zero-order valence-corrected chi connectivity index (χ0v) is 21.6. The van der Waals surface area contributed by atoms with Crippen LogP contribution < -0.4 is 10.9 Å². The van der Waals surface area contributed by atoms with Gasteiger partial charge in [-0.3, -0.25) is 14.3 Å². The van der Waals surface area contributed by atoms with E-state index in [4.69, 9.17) is 4.98 Å². The average Bonchev–Trinajstić information content (AvgIpc) is 2.87. The lowest BCUT2D eigenvalue weighted by molar-refractivity contribution is 0.148. The minimum Gasteiger partial charge on any atom is -0.354 e. The van der Waals surface area contributed by atoms with Gasteiger partial charge in [0, 0.05) is 62.3 Å². The molecule has 1 aliphatic heterocycles. The van der Waals surface area contributed by atoms with Crippen molar-refractivity contribution < 1.29 is 0 Å². The number of nitrogens with zero attached hydrogens (tertiary/aromatic N) is 5. The van der Waals surface area contributed by atoms with Crippen molar-refractivity contribution in [2.24, 2.45) is 5.92 Å². The SMILES string of the molecule is CCCCNc1ncc2c3ccc(CN4CCN(C)CC4)cc3c(=O)n([C@H]3CC[C@H](C)CC3)c2n1.